The number of hydrogen-bond donors (Lipinski definition) is 0. The highest BCUT2D eigenvalue weighted by Gasteiger charge is 2.13. The van der Waals surface area contributed by atoms with Crippen LogP contribution in [0, 0.1) is 6.92 Å². The monoisotopic (exact) mass is 396 g/mol. The molecule has 0 amide bonds. The zero-order chi connectivity index (χ0) is 20.8. The van der Waals surface area contributed by atoms with E-state index >= 15 is 0 Å². The molecule has 0 spiro atoms. The minimum Gasteiger partial charge on any atom is -0.249 e. The van der Waals surface area contributed by atoms with Gasteiger partial charge < -0.3 is 0 Å². The highest BCUT2D eigenvalue weighted by atomic mass is 14.8. The molecule has 0 aliphatic carbocycles. The van der Waals surface area contributed by atoms with Crippen molar-refractivity contribution in [3.8, 4) is 22.4 Å². The van der Waals surface area contributed by atoms with Crippen molar-refractivity contribution in [2.75, 3.05) is 0 Å². The van der Waals surface area contributed by atoms with Gasteiger partial charge in [0.05, 0.1) is 22.4 Å². The molecular formula is C29H20N2. The summed E-state index contributed by atoms with van der Waals surface area (Å²) in [7, 11) is 0. The van der Waals surface area contributed by atoms with Crippen LogP contribution in [0.2, 0.25) is 0 Å². The summed E-state index contributed by atoms with van der Waals surface area (Å²) < 4.78 is 0. The highest BCUT2D eigenvalue weighted by Crippen LogP contribution is 2.35. The first-order valence-electron chi connectivity index (χ1n) is 10.5. The lowest BCUT2D eigenvalue weighted by Gasteiger charge is -2.13. The maximum absolute atomic E-state index is 5.07. The Morgan fingerprint density at radius 2 is 1.29 bits per heavy atom. The third-order valence-corrected chi connectivity index (χ3v) is 5.96. The topological polar surface area (TPSA) is 25.8 Å². The van der Waals surface area contributed by atoms with Crippen LogP contribution in [0.25, 0.3) is 55.0 Å². The molecule has 0 atom stereocenters. The van der Waals surface area contributed by atoms with E-state index in [1.807, 2.05) is 25.1 Å². The third kappa shape index (κ3) is 2.96. The smallest absolute Gasteiger partial charge is 0.0975 e. The molecule has 2 nitrogen and oxygen atoms in total. The molecule has 6 aromatic rings. The Morgan fingerprint density at radius 3 is 2.16 bits per heavy atom. The van der Waals surface area contributed by atoms with Gasteiger partial charge in [-0.3, -0.25) is 0 Å². The van der Waals surface area contributed by atoms with Gasteiger partial charge in [-0.1, -0.05) is 91.0 Å². The van der Waals surface area contributed by atoms with Gasteiger partial charge in [-0.2, -0.15) is 0 Å². The lowest BCUT2D eigenvalue weighted by Crippen LogP contribution is -1.96. The van der Waals surface area contributed by atoms with E-state index in [-0.39, 0.29) is 0 Å². The van der Waals surface area contributed by atoms with Crippen molar-refractivity contribution < 1.29 is 0 Å². The van der Waals surface area contributed by atoms with Crippen molar-refractivity contribution >= 4 is 32.6 Å². The first kappa shape index (κ1) is 17.8. The van der Waals surface area contributed by atoms with E-state index in [4.69, 9.17) is 9.97 Å². The van der Waals surface area contributed by atoms with Crippen LogP contribution in [0.4, 0.5) is 0 Å². The van der Waals surface area contributed by atoms with Gasteiger partial charge in [0.15, 0.2) is 0 Å². The molecule has 0 N–H and O–H groups in total. The van der Waals surface area contributed by atoms with Gasteiger partial charge in [-0.15, -0.1) is 0 Å². The van der Waals surface area contributed by atoms with Crippen LogP contribution in [0.5, 0.6) is 0 Å². The molecule has 1 aromatic heterocycles. The fraction of sp³-hybridized carbons (Fsp3) is 0.0345. The number of fused-ring (bicyclic) bond motifs is 4. The van der Waals surface area contributed by atoms with E-state index in [1.165, 1.54) is 27.3 Å². The Hall–Kier alpha value is -4.04. The maximum Gasteiger partial charge on any atom is 0.0975 e. The summed E-state index contributed by atoms with van der Waals surface area (Å²) in [5, 5.41) is 4.83. The van der Waals surface area contributed by atoms with Gasteiger partial charge in [0.25, 0.3) is 0 Å². The van der Waals surface area contributed by atoms with Crippen molar-refractivity contribution in [1.29, 1.82) is 0 Å². The molecule has 0 saturated carbocycles. The molecule has 0 saturated heterocycles. The second-order valence-corrected chi connectivity index (χ2v) is 7.92. The summed E-state index contributed by atoms with van der Waals surface area (Å²) in [5.41, 5.74) is 7.24. The van der Waals surface area contributed by atoms with Crippen LogP contribution in [-0.2, 0) is 0 Å². The number of aromatic nitrogens is 2. The molecule has 5 aromatic carbocycles. The summed E-state index contributed by atoms with van der Waals surface area (Å²) >= 11 is 0. The number of hydrogen-bond acceptors (Lipinski definition) is 2. The van der Waals surface area contributed by atoms with Crippen LogP contribution < -0.4 is 0 Å². The molecule has 0 radical (unpaired) electrons. The van der Waals surface area contributed by atoms with E-state index in [2.05, 4.69) is 84.9 Å². The van der Waals surface area contributed by atoms with E-state index in [0.29, 0.717) is 0 Å². The summed E-state index contributed by atoms with van der Waals surface area (Å²) in [5.74, 6) is 0. The second kappa shape index (κ2) is 7.03. The Kier molecular flexibility index (Phi) is 4.03. The van der Waals surface area contributed by atoms with E-state index in [1.54, 1.807) is 0 Å². The molecule has 0 aliphatic rings. The summed E-state index contributed by atoms with van der Waals surface area (Å²) in [6.45, 7) is 2.05. The van der Waals surface area contributed by atoms with Gasteiger partial charge in [-0.05, 0) is 46.3 Å². The zero-order valence-electron chi connectivity index (χ0n) is 17.2. The Balaban J connectivity index is 1.64. The van der Waals surface area contributed by atoms with Crippen molar-refractivity contribution in [2.45, 2.75) is 6.92 Å². The van der Waals surface area contributed by atoms with Crippen molar-refractivity contribution in [3.05, 3.63) is 109 Å². The maximum atomic E-state index is 5.07. The van der Waals surface area contributed by atoms with Gasteiger partial charge >= 0.3 is 0 Å². The van der Waals surface area contributed by atoms with Crippen molar-refractivity contribution in [1.82, 2.24) is 9.97 Å². The molecule has 0 bridgehead atoms. The molecule has 6 rings (SSSR count). The fourth-order valence-electron chi connectivity index (χ4n) is 4.44. The van der Waals surface area contributed by atoms with Gasteiger partial charge in [-0.25, -0.2) is 9.97 Å². The Morgan fingerprint density at radius 1 is 0.548 bits per heavy atom. The lowest BCUT2D eigenvalue weighted by molar-refractivity contribution is 1.19. The summed E-state index contributed by atoms with van der Waals surface area (Å²) in [6.07, 6.45) is 0. The van der Waals surface area contributed by atoms with Crippen LogP contribution in [0.1, 0.15) is 5.69 Å². The zero-order valence-corrected chi connectivity index (χ0v) is 17.2. The number of rotatable bonds is 2. The summed E-state index contributed by atoms with van der Waals surface area (Å²) in [4.78, 5) is 10.1. The standard InChI is InChI=1S/C29H20N2/c1-19-28(22-9-3-2-4-10-22)31-26-17-16-21-12-7-13-25(27(21)29(26)30-19)24-15-14-20-8-5-6-11-23(20)18-24/h2-18H,1H3. The average molecular weight is 396 g/mol. The quantitative estimate of drug-likeness (QED) is 0.282. The van der Waals surface area contributed by atoms with Gasteiger partial charge in [0, 0.05) is 10.9 Å². The summed E-state index contributed by atoms with van der Waals surface area (Å²) in [6, 6.07) is 36.1. The Bertz CT molecular complexity index is 1580. The molecule has 0 unspecified atom stereocenters. The highest BCUT2D eigenvalue weighted by molar-refractivity contribution is 6.12. The van der Waals surface area contributed by atoms with Crippen LogP contribution in [-0.4, -0.2) is 9.97 Å². The van der Waals surface area contributed by atoms with E-state index in [0.717, 1.165) is 33.4 Å². The normalized spacial score (nSPS) is 11.4. The molecule has 2 heteroatoms. The van der Waals surface area contributed by atoms with Gasteiger partial charge in [0.2, 0.25) is 0 Å². The third-order valence-electron chi connectivity index (χ3n) is 5.96. The lowest BCUT2D eigenvalue weighted by atomic mass is 9.95. The molecule has 0 fully saturated rings. The number of aryl methyl sites for hydroxylation is 1. The first-order valence-corrected chi connectivity index (χ1v) is 10.5. The van der Waals surface area contributed by atoms with E-state index in [9.17, 15) is 0 Å². The second-order valence-electron chi connectivity index (χ2n) is 7.92. The van der Waals surface area contributed by atoms with Gasteiger partial charge in [0.1, 0.15) is 0 Å². The van der Waals surface area contributed by atoms with Crippen molar-refractivity contribution in [2.24, 2.45) is 0 Å². The molecule has 1 heterocycles. The van der Waals surface area contributed by atoms with Crippen molar-refractivity contribution in [3.63, 3.8) is 0 Å². The molecule has 0 aliphatic heterocycles. The van der Waals surface area contributed by atoms with Crippen LogP contribution in [0.3, 0.4) is 0 Å². The minimum atomic E-state index is 0.921. The SMILES string of the molecule is Cc1nc2c(ccc3cccc(-c4ccc5ccccc5c4)c32)nc1-c1ccccc1. The largest absolute Gasteiger partial charge is 0.249 e. The van der Waals surface area contributed by atoms with Crippen LogP contribution >= 0.6 is 0 Å². The first-order chi connectivity index (χ1) is 15.3. The van der Waals surface area contributed by atoms with Crippen LogP contribution in [0.15, 0.2) is 103 Å². The number of nitrogens with zero attached hydrogens (tertiary/aromatic N) is 2. The molecule has 146 valence electrons. The molecule has 31 heavy (non-hydrogen) atoms. The predicted molar refractivity (Wildman–Crippen MR) is 130 cm³/mol. The average Bonchev–Trinajstić information content (AvgIpc) is 2.83. The minimum absolute atomic E-state index is 0.921. The predicted octanol–water partition coefficient (Wildman–Crippen LogP) is 7.58. The fourth-order valence-corrected chi connectivity index (χ4v) is 4.44. The Labute approximate surface area is 180 Å². The number of benzene rings is 5. The molecular weight excluding hydrogens is 376 g/mol. The van der Waals surface area contributed by atoms with E-state index < -0.39 is 0 Å².